The van der Waals surface area contributed by atoms with E-state index in [-0.39, 0.29) is 0 Å². The fourth-order valence-electron chi connectivity index (χ4n) is 2.94. The van der Waals surface area contributed by atoms with E-state index in [1.54, 1.807) is 0 Å². The predicted molar refractivity (Wildman–Crippen MR) is 64.4 cm³/mol. The Morgan fingerprint density at radius 2 is 1.19 bits per heavy atom. The zero-order chi connectivity index (χ0) is 11.1. The number of hydrogen-bond acceptors (Lipinski definition) is 2. The molecule has 0 amide bonds. The van der Waals surface area contributed by atoms with E-state index in [1.165, 1.54) is 35.6 Å². The van der Waals surface area contributed by atoms with Crippen molar-refractivity contribution < 1.29 is 0 Å². The van der Waals surface area contributed by atoms with Crippen molar-refractivity contribution in [1.29, 1.82) is 0 Å². The first-order valence-corrected chi connectivity index (χ1v) is 6.60. The van der Waals surface area contributed by atoms with Crippen molar-refractivity contribution in [3.8, 4) is 0 Å². The number of aryl methyl sites for hydroxylation is 2. The molecule has 16 heavy (non-hydrogen) atoms. The third kappa shape index (κ3) is 1.74. The molecular formula is C14H20N2. The normalized spacial score (nSPS) is 28.4. The average Bonchev–Trinajstić information content (AvgIpc) is 2.26. The molecule has 1 aromatic rings. The molecule has 0 bridgehead atoms. The number of hydrogen-bond donors (Lipinski definition) is 0. The summed E-state index contributed by atoms with van der Waals surface area (Å²) in [5.74, 6) is 1.59. The van der Waals surface area contributed by atoms with Crippen LogP contribution in [0.5, 0.6) is 0 Å². The van der Waals surface area contributed by atoms with Gasteiger partial charge in [0.15, 0.2) is 0 Å². The average molecular weight is 216 g/mol. The van der Waals surface area contributed by atoms with Gasteiger partial charge < -0.3 is 0 Å². The van der Waals surface area contributed by atoms with Gasteiger partial charge in [0, 0.05) is 0 Å². The highest BCUT2D eigenvalue weighted by Gasteiger charge is 2.23. The van der Waals surface area contributed by atoms with Gasteiger partial charge in [-0.25, -0.2) is 0 Å². The zero-order valence-electron chi connectivity index (χ0n) is 10.3. The highest BCUT2D eigenvalue weighted by Crippen LogP contribution is 2.28. The highest BCUT2D eigenvalue weighted by molar-refractivity contribution is 5.25. The molecule has 0 fully saturated rings. The second kappa shape index (κ2) is 3.83. The molecule has 86 valence electrons. The quantitative estimate of drug-likeness (QED) is 0.666. The summed E-state index contributed by atoms with van der Waals surface area (Å²) in [7, 11) is 0. The second-order valence-electron chi connectivity index (χ2n) is 5.71. The van der Waals surface area contributed by atoms with E-state index in [0.29, 0.717) is 0 Å². The topological polar surface area (TPSA) is 25.8 Å². The lowest BCUT2D eigenvalue weighted by molar-refractivity contribution is 0.454. The highest BCUT2D eigenvalue weighted by atomic mass is 14.9. The van der Waals surface area contributed by atoms with Crippen LogP contribution in [-0.4, -0.2) is 9.97 Å². The third-order valence-electron chi connectivity index (χ3n) is 4.04. The minimum atomic E-state index is 0.794. The smallest absolute Gasteiger partial charge is 0.0624 e. The Morgan fingerprint density at radius 3 is 1.62 bits per heavy atom. The molecule has 1 heterocycles. The van der Waals surface area contributed by atoms with E-state index in [4.69, 9.17) is 9.97 Å². The van der Waals surface area contributed by atoms with Crippen LogP contribution < -0.4 is 0 Å². The van der Waals surface area contributed by atoms with Gasteiger partial charge in [0.1, 0.15) is 0 Å². The molecule has 0 spiro atoms. The van der Waals surface area contributed by atoms with Gasteiger partial charge in [-0.3, -0.25) is 9.97 Å². The Labute approximate surface area is 97.5 Å². The standard InChI is InChI=1S/C14H20N2/c1-9-3-5-11-13(7-9)15-12-6-4-10(2)8-14(12)16-11/h9-10H,3-8H2,1-2H3. The first kappa shape index (κ1) is 10.2. The molecule has 0 aliphatic heterocycles. The van der Waals surface area contributed by atoms with Crippen LogP contribution in [0.15, 0.2) is 0 Å². The molecule has 2 aliphatic rings. The van der Waals surface area contributed by atoms with Gasteiger partial charge in [-0.15, -0.1) is 0 Å². The monoisotopic (exact) mass is 216 g/mol. The summed E-state index contributed by atoms with van der Waals surface area (Å²) in [5.41, 5.74) is 5.19. The Balaban J connectivity index is 1.99. The van der Waals surface area contributed by atoms with Gasteiger partial charge in [-0.05, 0) is 50.4 Å². The van der Waals surface area contributed by atoms with E-state index in [0.717, 1.165) is 37.5 Å². The van der Waals surface area contributed by atoms with Gasteiger partial charge in [0.2, 0.25) is 0 Å². The van der Waals surface area contributed by atoms with E-state index in [1.807, 2.05) is 0 Å². The van der Waals surface area contributed by atoms with Gasteiger partial charge in [-0.1, -0.05) is 13.8 Å². The fraction of sp³-hybridized carbons (Fsp3) is 0.714. The van der Waals surface area contributed by atoms with Crippen LogP contribution in [0, 0.1) is 11.8 Å². The lowest BCUT2D eigenvalue weighted by Crippen LogP contribution is -2.21. The van der Waals surface area contributed by atoms with E-state index in [2.05, 4.69) is 13.8 Å². The van der Waals surface area contributed by atoms with Crippen LogP contribution >= 0.6 is 0 Å². The molecular weight excluding hydrogens is 196 g/mol. The zero-order valence-corrected chi connectivity index (χ0v) is 10.3. The van der Waals surface area contributed by atoms with Gasteiger partial charge >= 0.3 is 0 Å². The van der Waals surface area contributed by atoms with Crippen molar-refractivity contribution in [2.45, 2.75) is 52.4 Å². The molecule has 2 nitrogen and oxygen atoms in total. The van der Waals surface area contributed by atoms with Crippen LogP contribution in [0.2, 0.25) is 0 Å². The number of fused-ring (bicyclic) bond motifs is 2. The molecule has 3 rings (SSSR count). The Kier molecular flexibility index (Phi) is 2.45. The number of aromatic nitrogens is 2. The summed E-state index contributed by atoms with van der Waals surface area (Å²) in [5, 5.41) is 0. The van der Waals surface area contributed by atoms with E-state index >= 15 is 0 Å². The Hall–Kier alpha value is -0.920. The maximum Gasteiger partial charge on any atom is 0.0624 e. The van der Waals surface area contributed by atoms with Crippen LogP contribution in [0.3, 0.4) is 0 Å². The fourth-order valence-corrected chi connectivity index (χ4v) is 2.94. The van der Waals surface area contributed by atoms with E-state index in [9.17, 15) is 0 Å². The number of rotatable bonds is 0. The van der Waals surface area contributed by atoms with Crippen molar-refractivity contribution in [3.63, 3.8) is 0 Å². The Morgan fingerprint density at radius 1 is 0.750 bits per heavy atom. The summed E-state index contributed by atoms with van der Waals surface area (Å²) in [6.07, 6.45) is 7.15. The number of nitrogens with zero attached hydrogens (tertiary/aromatic N) is 2. The molecule has 2 heteroatoms. The molecule has 0 aromatic carbocycles. The SMILES string of the molecule is CC1CCc2nc3c(nc2C1)CCC(C)C3. The van der Waals surface area contributed by atoms with Crippen LogP contribution in [-0.2, 0) is 25.7 Å². The molecule has 2 aliphatic carbocycles. The van der Waals surface area contributed by atoms with Crippen molar-refractivity contribution in [1.82, 2.24) is 9.97 Å². The predicted octanol–water partition coefficient (Wildman–Crippen LogP) is 2.73. The van der Waals surface area contributed by atoms with Crippen LogP contribution in [0.1, 0.15) is 49.5 Å². The Bertz CT molecular complexity index is 372. The van der Waals surface area contributed by atoms with Crippen molar-refractivity contribution in [3.05, 3.63) is 22.8 Å². The summed E-state index contributed by atoms with van der Waals surface area (Å²) in [4.78, 5) is 9.75. The first-order chi connectivity index (χ1) is 7.72. The molecule has 2 atom stereocenters. The lowest BCUT2D eigenvalue weighted by atomic mass is 9.87. The molecule has 0 saturated carbocycles. The summed E-state index contributed by atoms with van der Waals surface area (Å²) >= 11 is 0. The maximum atomic E-state index is 4.88. The molecule has 2 unspecified atom stereocenters. The minimum Gasteiger partial charge on any atom is -0.254 e. The lowest BCUT2D eigenvalue weighted by Gasteiger charge is -2.25. The van der Waals surface area contributed by atoms with Gasteiger partial charge in [0.05, 0.1) is 22.8 Å². The maximum absolute atomic E-state index is 4.88. The summed E-state index contributed by atoms with van der Waals surface area (Å²) in [6, 6.07) is 0. The van der Waals surface area contributed by atoms with Crippen molar-refractivity contribution >= 4 is 0 Å². The third-order valence-corrected chi connectivity index (χ3v) is 4.04. The largest absolute Gasteiger partial charge is 0.254 e. The van der Waals surface area contributed by atoms with Crippen LogP contribution in [0.4, 0.5) is 0 Å². The molecule has 0 saturated heterocycles. The molecule has 0 radical (unpaired) electrons. The minimum absolute atomic E-state index is 0.794. The van der Waals surface area contributed by atoms with Gasteiger partial charge in [-0.2, -0.15) is 0 Å². The van der Waals surface area contributed by atoms with Crippen molar-refractivity contribution in [2.24, 2.45) is 11.8 Å². The second-order valence-corrected chi connectivity index (χ2v) is 5.71. The van der Waals surface area contributed by atoms with Crippen molar-refractivity contribution in [2.75, 3.05) is 0 Å². The van der Waals surface area contributed by atoms with Crippen LogP contribution in [0.25, 0.3) is 0 Å². The summed E-state index contributed by atoms with van der Waals surface area (Å²) in [6.45, 7) is 4.65. The first-order valence-electron chi connectivity index (χ1n) is 6.60. The summed E-state index contributed by atoms with van der Waals surface area (Å²) < 4.78 is 0. The molecule has 0 N–H and O–H groups in total. The van der Waals surface area contributed by atoms with E-state index < -0.39 is 0 Å². The van der Waals surface area contributed by atoms with Gasteiger partial charge in [0.25, 0.3) is 0 Å². The molecule has 1 aromatic heterocycles.